The van der Waals surface area contributed by atoms with Crippen LogP contribution in [0.3, 0.4) is 0 Å². The minimum atomic E-state index is -3.82. The van der Waals surface area contributed by atoms with Gasteiger partial charge in [0.1, 0.15) is 0 Å². The van der Waals surface area contributed by atoms with Crippen LogP contribution in [0.15, 0.2) is 0 Å². The normalized spacial score (nSPS) is 47.7. The van der Waals surface area contributed by atoms with E-state index in [0.29, 0.717) is 17.8 Å². The summed E-state index contributed by atoms with van der Waals surface area (Å²) in [4.78, 5) is 0. The van der Waals surface area contributed by atoms with Gasteiger partial charge in [-0.2, -0.15) is 8.42 Å². The van der Waals surface area contributed by atoms with Crippen molar-refractivity contribution in [2.75, 3.05) is 0 Å². The van der Waals surface area contributed by atoms with Gasteiger partial charge in [-0.05, 0) is 56.3 Å². The van der Waals surface area contributed by atoms with Crippen molar-refractivity contribution in [3.8, 4) is 0 Å². The van der Waals surface area contributed by atoms with Crippen molar-refractivity contribution >= 4 is 29.0 Å². The van der Waals surface area contributed by atoms with Crippen molar-refractivity contribution in [2.24, 2.45) is 17.8 Å². The quantitative estimate of drug-likeness (QED) is 0.537. The molecule has 0 aromatic rings. The minimum absolute atomic E-state index is 0. The molecule has 0 spiro atoms. The molecule has 0 unspecified atom stereocenters. The van der Waals surface area contributed by atoms with Gasteiger partial charge in [-0.3, -0.25) is 4.55 Å². The molecule has 4 aliphatic rings. The van der Waals surface area contributed by atoms with Crippen LogP contribution in [0.25, 0.3) is 0 Å². The molecule has 0 aromatic carbocycles. The number of hydrogen-bond acceptors (Lipinski definition) is 2. The molecule has 0 atom stereocenters. The molecule has 82 valence electrons. The van der Waals surface area contributed by atoms with Gasteiger partial charge in [0.25, 0.3) is 10.1 Å². The Balaban J connectivity index is 0.000000853. The Morgan fingerprint density at radius 2 is 1.27 bits per heavy atom. The zero-order valence-corrected chi connectivity index (χ0v) is 8.96. The average Bonchev–Trinajstić information content (AvgIpc) is 1.98. The third-order valence-corrected chi connectivity index (χ3v) is 6.12. The molecule has 4 rings (SSSR count). The molecular weight excluding hydrogens is 207 g/mol. The molecule has 5 heteroatoms. The zero-order valence-electron chi connectivity index (χ0n) is 8.15. The van der Waals surface area contributed by atoms with Crippen molar-refractivity contribution in [2.45, 2.75) is 43.3 Å². The molecule has 0 aliphatic heterocycles. The molecule has 0 heterocycles. The van der Waals surface area contributed by atoms with E-state index in [1.807, 2.05) is 0 Å². The van der Waals surface area contributed by atoms with Crippen LogP contribution in [0.1, 0.15) is 38.5 Å². The van der Waals surface area contributed by atoms with Gasteiger partial charge in [-0.25, -0.2) is 0 Å². The van der Waals surface area contributed by atoms with Gasteiger partial charge < -0.3 is 0 Å². The van der Waals surface area contributed by atoms with Crippen LogP contribution in [-0.2, 0) is 10.1 Å². The molecule has 3 nitrogen and oxygen atoms in total. The van der Waals surface area contributed by atoms with E-state index >= 15 is 0 Å². The van der Waals surface area contributed by atoms with Crippen molar-refractivity contribution < 1.29 is 13.0 Å². The standard InChI is InChI=1S/C10H16O3S.Li.H/c11-14(12,13)10-4-7-1-8(5-10)3-9(2-7)6-10;;/h7-9H,1-6H2,(H,11,12,13);;. The predicted molar refractivity (Wildman–Crippen MR) is 59.6 cm³/mol. The molecule has 4 fully saturated rings. The molecule has 0 radical (unpaired) electrons. The average molecular weight is 224 g/mol. The first-order valence-corrected chi connectivity index (χ1v) is 6.89. The van der Waals surface area contributed by atoms with Crippen molar-refractivity contribution in [1.82, 2.24) is 0 Å². The Morgan fingerprint density at radius 3 is 1.53 bits per heavy atom. The van der Waals surface area contributed by atoms with E-state index < -0.39 is 14.9 Å². The first-order chi connectivity index (χ1) is 6.48. The topological polar surface area (TPSA) is 54.4 Å². The SMILES string of the molecule is O=S(=O)(O)C12CC3CC(CC(C3)C1)C2.[LiH]. The summed E-state index contributed by atoms with van der Waals surface area (Å²) in [5.74, 6) is 1.72. The van der Waals surface area contributed by atoms with Gasteiger partial charge in [0, 0.05) is 0 Å². The second-order valence-electron chi connectivity index (χ2n) is 5.58. The Kier molecular flexibility index (Phi) is 2.79. The van der Waals surface area contributed by atoms with E-state index in [1.54, 1.807) is 0 Å². The fourth-order valence-electron chi connectivity index (χ4n) is 4.35. The summed E-state index contributed by atoms with van der Waals surface area (Å²) >= 11 is 0. The summed E-state index contributed by atoms with van der Waals surface area (Å²) < 4.78 is 31.5. The number of rotatable bonds is 1. The van der Waals surface area contributed by atoms with E-state index in [9.17, 15) is 13.0 Å². The van der Waals surface area contributed by atoms with Gasteiger partial charge in [0.05, 0.1) is 4.75 Å². The fourth-order valence-corrected chi connectivity index (χ4v) is 5.69. The van der Waals surface area contributed by atoms with Crippen LogP contribution < -0.4 is 0 Å². The van der Waals surface area contributed by atoms with Crippen molar-refractivity contribution in [1.29, 1.82) is 0 Å². The molecule has 4 bridgehead atoms. The van der Waals surface area contributed by atoms with Crippen molar-refractivity contribution in [3.63, 3.8) is 0 Å². The Morgan fingerprint density at radius 1 is 0.933 bits per heavy atom. The summed E-state index contributed by atoms with van der Waals surface area (Å²) in [6.45, 7) is 0. The van der Waals surface area contributed by atoms with E-state index in [0.717, 1.165) is 19.3 Å². The molecule has 4 saturated carbocycles. The maximum absolute atomic E-state index is 11.4. The summed E-state index contributed by atoms with van der Waals surface area (Å²) in [7, 11) is -3.82. The Labute approximate surface area is 103 Å². The fraction of sp³-hybridized carbons (Fsp3) is 1.00. The number of hydrogen-bond donors (Lipinski definition) is 1. The molecule has 15 heavy (non-hydrogen) atoms. The molecule has 0 saturated heterocycles. The van der Waals surface area contributed by atoms with Crippen LogP contribution in [0, 0.1) is 17.8 Å². The summed E-state index contributed by atoms with van der Waals surface area (Å²) in [6, 6.07) is 0. The van der Waals surface area contributed by atoms with Crippen LogP contribution >= 0.6 is 0 Å². The molecular formula is C10H17LiO3S. The third kappa shape index (κ3) is 1.70. The summed E-state index contributed by atoms with van der Waals surface area (Å²) in [6.07, 6.45) is 5.77. The molecule has 0 aromatic heterocycles. The van der Waals surface area contributed by atoms with E-state index in [-0.39, 0.29) is 18.9 Å². The van der Waals surface area contributed by atoms with Crippen LogP contribution in [0.4, 0.5) is 0 Å². The van der Waals surface area contributed by atoms with Gasteiger partial charge in [-0.1, -0.05) is 0 Å². The van der Waals surface area contributed by atoms with E-state index in [2.05, 4.69) is 0 Å². The monoisotopic (exact) mass is 224 g/mol. The first kappa shape index (κ1) is 12.0. The Hall–Kier alpha value is 0.507. The Bertz CT molecular complexity index is 328. The van der Waals surface area contributed by atoms with Crippen LogP contribution in [-0.4, -0.2) is 36.6 Å². The van der Waals surface area contributed by atoms with Gasteiger partial charge >= 0.3 is 18.9 Å². The molecule has 0 amide bonds. The van der Waals surface area contributed by atoms with E-state index in [1.165, 1.54) is 19.3 Å². The maximum atomic E-state index is 11.4. The molecule has 4 aliphatic carbocycles. The third-order valence-electron chi connectivity index (χ3n) is 4.53. The second kappa shape index (κ2) is 3.50. The second-order valence-corrected chi connectivity index (χ2v) is 7.39. The van der Waals surface area contributed by atoms with Crippen LogP contribution in [0.2, 0.25) is 0 Å². The predicted octanol–water partition coefficient (Wildman–Crippen LogP) is 1.19. The van der Waals surface area contributed by atoms with Gasteiger partial charge in [0.2, 0.25) is 0 Å². The summed E-state index contributed by atoms with van der Waals surface area (Å²) in [5.41, 5.74) is 0. The first-order valence-electron chi connectivity index (χ1n) is 5.45. The van der Waals surface area contributed by atoms with Crippen LogP contribution in [0.5, 0.6) is 0 Å². The van der Waals surface area contributed by atoms with Gasteiger partial charge in [0.15, 0.2) is 0 Å². The molecule has 1 N–H and O–H groups in total. The van der Waals surface area contributed by atoms with Crippen molar-refractivity contribution in [3.05, 3.63) is 0 Å². The summed E-state index contributed by atoms with van der Waals surface area (Å²) in [5, 5.41) is 0. The van der Waals surface area contributed by atoms with Gasteiger partial charge in [-0.15, -0.1) is 0 Å². The van der Waals surface area contributed by atoms with E-state index in [4.69, 9.17) is 0 Å². The zero-order chi connectivity index (χ0) is 9.97.